The number of fused-ring (bicyclic) bond motifs is 1. The third kappa shape index (κ3) is 3.57. The molecule has 2 N–H and O–H groups in total. The summed E-state index contributed by atoms with van der Waals surface area (Å²) in [5, 5.41) is 6.93. The highest BCUT2D eigenvalue weighted by Gasteiger charge is 2.18. The van der Waals surface area contributed by atoms with E-state index in [4.69, 9.17) is 0 Å². The van der Waals surface area contributed by atoms with Crippen molar-refractivity contribution < 1.29 is 8.42 Å². The van der Waals surface area contributed by atoms with Crippen LogP contribution in [0.3, 0.4) is 0 Å². The first kappa shape index (κ1) is 16.0. The maximum Gasteiger partial charge on any atom is 0.178 e. The van der Waals surface area contributed by atoms with Crippen molar-refractivity contribution in [1.29, 1.82) is 0 Å². The van der Waals surface area contributed by atoms with Gasteiger partial charge < -0.3 is 10.6 Å². The lowest BCUT2D eigenvalue weighted by Gasteiger charge is -2.27. The van der Waals surface area contributed by atoms with Crippen LogP contribution in [-0.4, -0.2) is 27.3 Å². The second-order valence-corrected chi connectivity index (χ2v) is 8.04. The zero-order chi connectivity index (χ0) is 16.3. The highest BCUT2D eigenvalue weighted by molar-refractivity contribution is 7.91. The van der Waals surface area contributed by atoms with Crippen molar-refractivity contribution in [3.8, 4) is 0 Å². The molecule has 0 fully saturated rings. The van der Waals surface area contributed by atoms with Crippen LogP contribution >= 0.6 is 0 Å². The standard InChI is InChI=1S/C18H22N2O2S/c1-2-23(21,22)16-9-7-15(8-10-16)20-13-18-17-6-4-3-5-14(17)11-12-19-18/h3-10,18-20H,2,11-13H2,1H3. The van der Waals surface area contributed by atoms with Crippen LogP contribution in [0.5, 0.6) is 0 Å². The average Bonchev–Trinajstić information content (AvgIpc) is 2.60. The second kappa shape index (κ2) is 6.72. The average molecular weight is 330 g/mol. The fraction of sp³-hybridized carbons (Fsp3) is 0.333. The largest absolute Gasteiger partial charge is 0.383 e. The zero-order valence-electron chi connectivity index (χ0n) is 13.2. The van der Waals surface area contributed by atoms with Gasteiger partial charge in [-0.25, -0.2) is 8.42 Å². The van der Waals surface area contributed by atoms with Crippen molar-refractivity contribution in [3.05, 3.63) is 59.7 Å². The number of sulfone groups is 1. The lowest BCUT2D eigenvalue weighted by Crippen LogP contribution is -2.34. The first-order chi connectivity index (χ1) is 11.1. The Bertz CT molecular complexity index is 770. The summed E-state index contributed by atoms with van der Waals surface area (Å²) in [6.07, 6.45) is 1.07. The van der Waals surface area contributed by atoms with Crippen molar-refractivity contribution in [3.63, 3.8) is 0 Å². The summed E-state index contributed by atoms with van der Waals surface area (Å²) < 4.78 is 23.6. The molecule has 3 rings (SSSR count). The first-order valence-corrected chi connectivity index (χ1v) is 9.63. The van der Waals surface area contributed by atoms with E-state index in [1.54, 1.807) is 19.1 Å². The van der Waals surface area contributed by atoms with E-state index in [0.717, 1.165) is 25.2 Å². The van der Waals surface area contributed by atoms with Gasteiger partial charge >= 0.3 is 0 Å². The maximum absolute atomic E-state index is 11.8. The number of hydrogen-bond acceptors (Lipinski definition) is 4. The molecular weight excluding hydrogens is 308 g/mol. The van der Waals surface area contributed by atoms with Gasteiger partial charge in [-0.2, -0.15) is 0 Å². The van der Waals surface area contributed by atoms with Crippen LogP contribution in [0.4, 0.5) is 5.69 Å². The van der Waals surface area contributed by atoms with Crippen LogP contribution in [0, 0.1) is 0 Å². The van der Waals surface area contributed by atoms with Gasteiger partial charge in [0, 0.05) is 18.3 Å². The summed E-state index contributed by atoms with van der Waals surface area (Å²) in [5.74, 6) is 0.128. The molecule has 122 valence electrons. The fourth-order valence-corrected chi connectivity index (χ4v) is 3.83. The molecule has 0 aliphatic carbocycles. The SMILES string of the molecule is CCS(=O)(=O)c1ccc(NCC2NCCc3ccccc32)cc1. The van der Waals surface area contributed by atoms with Crippen molar-refractivity contribution in [2.24, 2.45) is 0 Å². The van der Waals surface area contributed by atoms with Gasteiger partial charge in [-0.05, 0) is 48.4 Å². The van der Waals surface area contributed by atoms with Crippen LogP contribution in [-0.2, 0) is 16.3 Å². The van der Waals surface area contributed by atoms with E-state index in [0.29, 0.717) is 4.90 Å². The van der Waals surface area contributed by atoms with Gasteiger partial charge in [-0.3, -0.25) is 0 Å². The third-order valence-corrected chi connectivity index (χ3v) is 6.07. The monoisotopic (exact) mass is 330 g/mol. The summed E-state index contributed by atoms with van der Waals surface area (Å²) in [6, 6.07) is 15.8. The van der Waals surface area contributed by atoms with E-state index < -0.39 is 9.84 Å². The highest BCUT2D eigenvalue weighted by atomic mass is 32.2. The van der Waals surface area contributed by atoms with Gasteiger partial charge in [0.2, 0.25) is 0 Å². The maximum atomic E-state index is 11.8. The van der Waals surface area contributed by atoms with Crippen LogP contribution in [0.15, 0.2) is 53.4 Å². The van der Waals surface area contributed by atoms with E-state index in [9.17, 15) is 8.42 Å². The molecule has 0 saturated carbocycles. The van der Waals surface area contributed by atoms with E-state index >= 15 is 0 Å². The Morgan fingerprint density at radius 2 is 1.87 bits per heavy atom. The van der Waals surface area contributed by atoms with Gasteiger partial charge in [0.05, 0.1) is 10.6 Å². The molecule has 1 aliphatic heterocycles. The first-order valence-electron chi connectivity index (χ1n) is 7.98. The molecule has 0 radical (unpaired) electrons. The van der Waals surface area contributed by atoms with Gasteiger partial charge in [-0.1, -0.05) is 31.2 Å². The quantitative estimate of drug-likeness (QED) is 0.885. The van der Waals surface area contributed by atoms with Crippen LogP contribution < -0.4 is 10.6 Å². The van der Waals surface area contributed by atoms with Crippen molar-refractivity contribution in [1.82, 2.24) is 5.32 Å². The minimum atomic E-state index is -3.13. The molecule has 5 heteroatoms. The normalized spacial score (nSPS) is 17.5. The smallest absolute Gasteiger partial charge is 0.178 e. The molecule has 0 aromatic heterocycles. The Morgan fingerprint density at radius 1 is 1.13 bits per heavy atom. The van der Waals surface area contributed by atoms with Crippen LogP contribution in [0.1, 0.15) is 24.1 Å². The topological polar surface area (TPSA) is 58.2 Å². The van der Waals surface area contributed by atoms with Crippen molar-refractivity contribution >= 4 is 15.5 Å². The van der Waals surface area contributed by atoms with Crippen molar-refractivity contribution in [2.45, 2.75) is 24.3 Å². The Hall–Kier alpha value is -1.85. The molecule has 2 aromatic rings. The lowest BCUT2D eigenvalue weighted by atomic mass is 9.94. The van der Waals surface area contributed by atoms with Gasteiger partial charge in [0.25, 0.3) is 0 Å². The molecule has 0 spiro atoms. The van der Waals surface area contributed by atoms with Crippen LogP contribution in [0.25, 0.3) is 0 Å². The summed E-state index contributed by atoms with van der Waals surface area (Å²) in [5.41, 5.74) is 3.68. The molecule has 2 aromatic carbocycles. The molecular formula is C18H22N2O2S. The number of nitrogens with one attached hydrogen (secondary N) is 2. The number of benzene rings is 2. The Balaban J connectivity index is 1.68. The second-order valence-electron chi connectivity index (χ2n) is 5.76. The predicted octanol–water partition coefficient (Wildman–Crippen LogP) is 2.78. The molecule has 1 heterocycles. The molecule has 1 atom stereocenters. The molecule has 23 heavy (non-hydrogen) atoms. The summed E-state index contributed by atoms with van der Waals surface area (Å²) in [7, 11) is -3.13. The predicted molar refractivity (Wildman–Crippen MR) is 93.5 cm³/mol. The van der Waals surface area contributed by atoms with E-state index in [1.807, 2.05) is 12.1 Å². The third-order valence-electron chi connectivity index (χ3n) is 4.32. The highest BCUT2D eigenvalue weighted by Crippen LogP contribution is 2.23. The van der Waals surface area contributed by atoms with Crippen molar-refractivity contribution in [2.75, 3.05) is 24.2 Å². The minimum absolute atomic E-state index is 0.128. The van der Waals surface area contributed by atoms with E-state index in [-0.39, 0.29) is 11.8 Å². The molecule has 4 nitrogen and oxygen atoms in total. The summed E-state index contributed by atoms with van der Waals surface area (Å²) in [6.45, 7) is 3.42. The number of anilines is 1. The van der Waals surface area contributed by atoms with Gasteiger partial charge in [0.1, 0.15) is 0 Å². The van der Waals surface area contributed by atoms with Gasteiger partial charge in [-0.15, -0.1) is 0 Å². The molecule has 0 bridgehead atoms. The van der Waals surface area contributed by atoms with Crippen LogP contribution in [0.2, 0.25) is 0 Å². The number of hydrogen-bond donors (Lipinski definition) is 2. The molecule has 1 aliphatic rings. The van der Waals surface area contributed by atoms with E-state index in [2.05, 4.69) is 34.9 Å². The summed E-state index contributed by atoms with van der Waals surface area (Å²) in [4.78, 5) is 0.381. The minimum Gasteiger partial charge on any atom is -0.383 e. The van der Waals surface area contributed by atoms with E-state index in [1.165, 1.54) is 11.1 Å². The lowest BCUT2D eigenvalue weighted by molar-refractivity contribution is 0.523. The Kier molecular flexibility index (Phi) is 4.68. The fourth-order valence-electron chi connectivity index (χ4n) is 2.94. The summed E-state index contributed by atoms with van der Waals surface area (Å²) >= 11 is 0. The molecule has 1 unspecified atom stereocenters. The molecule has 0 amide bonds. The molecule has 0 saturated heterocycles. The number of rotatable bonds is 5. The Morgan fingerprint density at radius 3 is 2.61 bits per heavy atom. The Labute approximate surface area is 137 Å². The zero-order valence-corrected chi connectivity index (χ0v) is 14.1. The van der Waals surface area contributed by atoms with Gasteiger partial charge in [0.15, 0.2) is 9.84 Å².